The Labute approximate surface area is 81.8 Å². The van der Waals surface area contributed by atoms with Crippen molar-refractivity contribution in [3.05, 3.63) is 24.0 Å². The molecule has 0 atom stereocenters. The van der Waals surface area contributed by atoms with Crippen molar-refractivity contribution in [2.45, 2.75) is 0 Å². The lowest BCUT2D eigenvalue weighted by Crippen LogP contribution is -2.74. The van der Waals surface area contributed by atoms with Crippen molar-refractivity contribution in [1.29, 1.82) is 0 Å². The Hall–Kier alpha value is -1.07. The Bertz CT molecular complexity index is 271. The molecule has 13 heavy (non-hydrogen) atoms. The number of esters is 1. The third-order valence-corrected chi connectivity index (χ3v) is 1.49. The zero-order chi connectivity index (χ0) is 9.52. The molecular weight excluding hydrogens is 188 g/mol. The van der Waals surface area contributed by atoms with Crippen LogP contribution >= 0.6 is 12.6 Å². The van der Waals surface area contributed by atoms with Crippen molar-refractivity contribution < 1.29 is 14.8 Å². The van der Waals surface area contributed by atoms with Crippen LogP contribution in [0.1, 0.15) is 0 Å². The van der Waals surface area contributed by atoms with Crippen molar-refractivity contribution in [2.24, 2.45) is 4.99 Å². The van der Waals surface area contributed by atoms with Gasteiger partial charge in [0.05, 0.1) is 0 Å². The van der Waals surface area contributed by atoms with E-state index in [1.807, 2.05) is 6.20 Å². The number of hydrogen-bond donors (Lipinski definition) is 2. The van der Waals surface area contributed by atoms with Gasteiger partial charge in [0.15, 0.2) is 6.34 Å². The largest absolute Gasteiger partial charge is 0.462 e. The Kier molecular flexibility index (Phi) is 4.28. The highest BCUT2D eigenvalue weighted by Crippen LogP contribution is 1.97. The van der Waals surface area contributed by atoms with Gasteiger partial charge in [-0.05, 0) is 6.08 Å². The number of carbonyl (C=O) groups excluding carboxylic acids is 1. The third kappa shape index (κ3) is 3.91. The number of hydrogen-bond acceptors (Lipinski definition) is 4. The Morgan fingerprint density at radius 2 is 2.62 bits per heavy atom. The number of carbonyl (C=O) groups is 1. The van der Waals surface area contributed by atoms with Crippen molar-refractivity contribution in [3.63, 3.8) is 0 Å². The number of ether oxygens (including phenoxy) is 1. The molecule has 70 valence electrons. The molecule has 1 heterocycles. The van der Waals surface area contributed by atoms with E-state index in [4.69, 9.17) is 4.74 Å². The predicted octanol–water partition coefficient (Wildman–Crippen LogP) is -0.538. The van der Waals surface area contributed by atoms with Gasteiger partial charge in [0, 0.05) is 11.8 Å². The number of rotatable bonds is 4. The second-order valence-corrected chi connectivity index (χ2v) is 2.73. The summed E-state index contributed by atoms with van der Waals surface area (Å²) in [6.07, 6.45) is 6.44. The summed E-state index contributed by atoms with van der Waals surface area (Å²) in [5.41, 5.74) is 0.753. The highest BCUT2D eigenvalue weighted by Gasteiger charge is 1.99. The van der Waals surface area contributed by atoms with Crippen LogP contribution in [-0.2, 0) is 9.53 Å². The molecule has 4 nitrogen and oxygen atoms in total. The number of aliphatic imine (C=N–C) groups is 1. The van der Waals surface area contributed by atoms with Crippen LogP contribution in [0, 0.1) is 0 Å². The number of allylic oxidation sites excluding steroid dienone is 1. The maximum Gasteiger partial charge on any atom is 0.330 e. The van der Waals surface area contributed by atoms with Crippen LogP contribution in [0.25, 0.3) is 0 Å². The fourth-order valence-electron chi connectivity index (χ4n) is 0.760. The zero-order valence-electron chi connectivity index (χ0n) is 7.01. The first kappa shape index (κ1) is 10.0. The van der Waals surface area contributed by atoms with Crippen LogP contribution in [0.4, 0.5) is 0 Å². The van der Waals surface area contributed by atoms with Crippen LogP contribution in [0.15, 0.2) is 29.0 Å². The minimum atomic E-state index is -0.364. The van der Waals surface area contributed by atoms with E-state index in [-0.39, 0.29) is 5.97 Å². The first-order valence-electron chi connectivity index (χ1n) is 3.86. The summed E-state index contributed by atoms with van der Waals surface area (Å²) in [6.45, 7) is 0.334. The molecule has 0 amide bonds. The fourth-order valence-corrected chi connectivity index (χ4v) is 0.851. The van der Waals surface area contributed by atoms with Crippen molar-refractivity contribution in [3.8, 4) is 0 Å². The average Bonchev–Trinajstić information content (AvgIpc) is 2.64. The van der Waals surface area contributed by atoms with Gasteiger partial charge in [-0.15, -0.1) is 0 Å². The van der Waals surface area contributed by atoms with Gasteiger partial charge >= 0.3 is 5.97 Å². The molecule has 1 aliphatic rings. The van der Waals surface area contributed by atoms with E-state index in [1.165, 1.54) is 6.08 Å². The molecule has 0 bridgehead atoms. The quantitative estimate of drug-likeness (QED) is 0.363. The minimum absolute atomic E-state index is 0.334. The number of quaternary nitrogens is 1. The van der Waals surface area contributed by atoms with Crippen molar-refractivity contribution in [2.75, 3.05) is 12.4 Å². The van der Waals surface area contributed by atoms with E-state index in [2.05, 4.69) is 17.6 Å². The normalized spacial score (nSPS) is 15.0. The summed E-state index contributed by atoms with van der Waals surface area (Å²) >= 11 is 3.91. The molecule has 0 unspecified atom stereocenters. The molecular formula is C8H11N2O2S+. The molecule has 0 aromatic rings. The molecule has 0 saturated carbocycles. The predicted molar refractivity (Wildman–Crippen MR) is 52.5 cm³/mol. The molecule has 0 aromatic heterocycles. The Balaban J connectivity index is 2.30. The third-order valence-electron chi connectivity index (χ3n) is 1.30. The SMILES string of the molecule is O=C(/C=C/C1=C[NH2+]C=N1)OCCS. The fraction of sp³-hybridized carbons (Fsp3) is 0.250. The summed E-state index contributed by atoms with van der Waals surface area (Å²) in [5, 5.41) is 1.80. The topological polar surface area (TPSA) is 55.3 Å². The maximum atomic E-state index is 10.9. The van der Waals surface area contributed by atoms with E-state index in [0.29, 0.717) is 12.4 Å². The first-order valence-corrected chi connectivity index (χ1v) is 4.49. The lowest BCUT2D eigenvalue weighted by molar-refractivity contribution is -0.447. The van der Waals surface area contributed by atoms with E-state index in [9.17, 15) is 4.79 Å². The van der Waals surface area contributed by atoms with E-state index >= 15 is 0 Å². The molecule has 5 heteroatoms. The van der Waals surface area contributed by atoms with Crippen LogP contribution < -0.4 is 5.32 Å². The Morgan fingerprint density at radius 3 is 3.23 bits per heavy atom. The number of nitrogens with zero attached hydrogens (tertiary/aromatic N) is 1. The van der Waals surface area contributed by atoms with E-state index in [0.717, 1.165) is 5.70 Å². The summed E-state index contributed by atoms with van der Waals surface area (Å²) < 4.78 is 4.76. The monoisotopic (exact) mass is 199 g/mol. The van der Waals surface area contributed by atoms with Gasteiger partial charge in [-0.2, -0.15) is 17.6 Å². The van der Waals surface area contributed by atoms with Gasteiger partial charge in [-0.25, -0.2) is 4.79 Å². The Morgan fingerprint density at radius 1 is 1.77 bits per heavy atom. The van der Waals surface area contributed by atoms with Crippen molar-refractivity contribution >= 4 is 24.9 Å². The van der Waals surface area contributed by atoms with Gasteiger partial charge in [-0.3, -0.25) is 5.32 Å². The standard InChI is InChI=1S/C8H10N2O2S/c11-8(12-3-4-13)2-1-7-5-9-6-10-7/h1-2,5-6,13H,3-4H2,(H,9,10)/p+1/b2-1+. The molecule has 0 radical (unpaired) electrons. The first-order chi connectivity index (χ1) is 6.33. The number of thiol groups is 1. The second kappa shape index (κ2) is 5.55. The molecule has 0 spiro atoms. The molecule has 0 saturated heterocycles. The molecule has 1 rings (SSSR count). The smallest absolute Gasteiger partial charge is 0.330 e. The highest BCUT2D eigenvalue weighted by molar-refractivity contribution is 7.80. The lowest BCUT2D eigenvalue weighted by atomic mass is 10.4. The average molecular weight is 199 g/mol. The van der Waals surface area contributed by atoms with Gasteiger partial charge in [-0.1, -0.05) is 0 Å². The minimum Gasteiger partial charge on any atom is -0.462 e. The maximum absolute atomic E-state index is 10.9. The molecule has 0 aromatic carbocycles. The van der Waals surface area contributed by atoms with Crippen LogP contribution in [0.5, 0.6) is 0 Å². The lowest BCUT2D eigenvalue weighted by Gasteiger charge is -1.95. The summed E-state index contributed by atoms with van der Waals surface area (Å²) in [4.78, 5) is 14.9. The van der Waals surface area contributed by atoms with Crippen molar-refractivity contribution in [1.82, 2.24) is 0 Å². The summed E-state index contributed by atoms with van der Waals surface area (Å²) in [7, 11) is 0. The molecule has 0 fully saturated rings. The van der Waals surface area contributed by atoms with Gasteiger partial charge in [0.2, 0.25) is 0 Å². The highest BCUT2D eigenvalue weighted by atomic mass is 32.1. The van der Waals surface area contributed by atoms with E-state index in [1.54, 1.807) is 17.7 Å². The van der Waals surface area contributed by atoms with E-state index < -0.39 is 0 Å². The molecule has 2 N–H and O–H groups in total. The molecule has 0 aliphatic carbocycles. The number of nitrogens with two attached hydrogens (primary N) is 1. The van der Waals surface area contributed by atoms with Gasteiger partial charge in [0.1, 0.15) is 18.5 Å². The van der Waals surface area contributed by atoms with Crippen LogP contribution in [0.2, 0.25) is 0 Å². The summed E-state index contributed by atoms with van der Waals surface area (Å²) in [6, 6.07) is 0. The van der Waals surface area contributed by atoms with Gasteiger partial charge < -0.3 is 4.74 Å². The van der Waals surface area contributed by atoms with Gasteiger partial charge in [0.25, 0.3) is 0 Å². The van der Waals surface area contributed by atoms with Crippen LogP contribution in [-0.4, -0.2) is 24.7 Å². The molecule has 1 aliphatic heterocycles. The van der Waals surface area contributed by atoms with Crippen LogP contribution in [0.3, 0.4) is 0 Å². The summed E-state index contributed by atoms with van der Waals surface area (Å²) in [5.74, 6) is 0.172. The zero-order valence-corrected chi connectivity index (χ0v) is 7.91. The second-order valence-electron chi connectivity index (χ2n) is 2.29.